The lowest BCUT2D eigenvalue weighted by atomic mass is 10.0. The lowest BCUT2D eigenvalue weighted by Gasteiger charge is -2.29. The third kappa shape index (κ3) is 5.78. The minimum atomic E-state index is -1.14. The standard InChI is InChI=1S/C18H31NO8/c1-16(2,3)27-15(21)19-11(14(20)22-8)13-12(25-18(6,7)26-13)10-9-23-17(4,5)24-10/h10-13H,9H2,1-8H3,(H,19,21)/t10-,11+,12-,13-/m1/s1. The number of carbonyl (C=O) groups excluding carboxylic acids is 2. The van der Waals surface area contributed by atoms with Crippen molar-refractivity contribution in [1.29, 1.82) is 0 Å². The maximum atomic E-state index is 12.4. The fourth-order valence-corrected chi connectivity index (χ4v) is 3.08. The molecule has 2 saturated heterocycles. The molecule has 2 fully saturated rings. The molecule has 9 nitrogen and oxygen atoms in total. The molecule has 1 N–H and O–H groups in total. The molecule has 0 aromatic carbocycles. The lowest BCUT2D eigenvalue weighted by molar-refractivity contribution is -0.175. The van der Waals surface area contributed by atoms with E-state index in [0.717, 1.165) is 0 Å². The molecule has 0 spiro atoms. The fourth-order valence-electron chi connectivity index (χ4n) is 3.08. The first-order valence-electron chi connectivity index (χ1n) is 8.98. The summed E-state index contributed by atoms with van der Waals surface area (Å²) in [6, 6.07) is -1.14. The molecule has 2 heterocycles. The molecule has 0 radical (unpaired) electrons. The Labute approximate surface area is 159 Å². The molecule has 0 bridgehead atoms. The molecule has 0 unspecified atom stereocenters. The zero-order valence-electron chi connectivity index (χ0n) is 17.3. The Morgan fingerprint density at radius 3 is 2.19 bits per heavy atom. The van der Waals surface area contributed by atoms with Crippen LogP contribution in [0.5, 0.6) is 0 Å². The van der Waals surface area contributed by atoms with Crippen molar-refractivity contribution in [1.82, 2.24) is 5.32 Å². The molecule has 4 atom stereocenters. The molecule has 2 aliphatic heterocycles. The Hall–Kier alpha value is -1.42. The molecule has 0 aliphatic carbocycles. The van der Waals surface area contributed by atoms with Crippen molar-refractivity contribution in [2.24, 2.45) is 0 Å². The normalized spacial score (nSPS) is 30.6. The predicted octanol–water partition coefficient (Wildman–Crippen LogP) is 1.72. The maximum absolute atomic E-state index is 12.4. The van der Waals surface area contributed by atoms with Crippen LogP contribution in [0.2, 0.25) is 0 Å². The Kier molecular flexibility index (Phi) is 6.11. The van der Waals surface area contributed by atoms with Gasteiger partial charge in [-0.25, -0.2) is 9.59 Å². The van der Waals surface area contributed by atoms with Gasteiger partial charge in [-0.15, -0.1) is 0 Å². The summed E-state index contributed by atoms with van der Waals surface area (Å²) in [5.74, 6) is -2.42. The summed E-state index contributed by atoms with van der Waals surface area (Å²) in [7, 11) is 1.24. The average molecular weight is 389 g/mol. The fraction of sp³-hybridized carbons (Fsp3) is 0.889. The van der Waals surface area contributed by atoms with Gasteiger partial charge < -0.3 is 33.7 Å². The number of methoxy groups -OCH3 is 1. The van der Waals surface area contributed by atoms with Crippen molar-refractivity contribution < 1.29 is 38.0 Å². The number of carbonyl (C=O) groups is 2. The Balaban J connectivity index is 2.23. The summed E-state index contributed by atoms with van der Waals surface area (Å²) < 4.78 is 33.5. The number of hydrogen-bond donors (Lipinski definition) is 1. The number of nitrogens with one attached hydrogen (secondary N) is 1. The van der Waals surface area contributed by atoms with Gasteiger partial charge in [0.05, 0.1) is 13.7 Å². The largest absolute Gasteiger partial charge is 0.467 e. The molecular weight excluding hydrogens is 358 g/mol. The van der Waals surface area contributed by atoms with Crippen LogP contribution in [0.1, 0.15) is 48.5 Å². The molecule has 27 heavy (non-hydrogen) atoms. The van der Waals surface area contributed by atoms with E-state index < -0.39 is 53.6 Å². The van der Waals surface area contributed by atoms with Crippen LogP contribution in [0.4, 0.5) is 4.79 Å². The van der Waals surface area contributed by atoms with Gasteiger partial charge in [-0.05, 0) is 48.5 Å². The summed E-state index contributed by atoms with van der Waals surface area (Å²) in [5.41, 5.74) is -0.719. The van der Waals surface area contributed by atoms with Crippen LogP contribution < -0.4 is 5.32 Å². The van der Waals surface area contributed by atoms with Gasteiger partial charge in [-0.3, -0.25) is 0 Å². The summed E-state index contributed by atoms with van der Waals surface area (Å²) in [5, 5.41) is 2.54. The van der Waals surface area contributed by atoms with Crippen LogP contribution in [0, 0.1) is 0 Å². The monoisotopic (exact) mass is 389 g/mol. The van der Waals surface area contributed by atoms with Crippen molar-refractivity contribution in [2.45, 2.75) is 90.0 Å². The predicted molar refractivity (Wildman–Crippen MR) is 93.9 cm³/mol. The van der Waals surface area contributed by atoms with E-state index in [4.69, 9.17) is 28.4 Å². The van der Waals surface area contributed by atoms with Gasteiger partial charge >= 0.3 is 12.1 Å². The first-order valence-corrected chi connectivity index (χ1v) is 8.98. The topological polar surface area (TPSA) is 102 Å². The Morgan fingerprint density at radius 1 is 1.07 bits per heavy atom. The van der Waals surface area contributed by atoms with Crippen molar-refractivity contribution in [2.75, 3.05) is 13.7 Å². The molecule has 1 amide bonds. The van der Waals surface area contributed by atoms with Crippen LogP contribution in [0.25, 0.3) is 0 Å². The van der Waals surface area contributed by atoms with Crippen molar-refractivity contribution in [3.05, 3.63) is 0 Å². The molecule has 156 valence electrons. The minimum Gasteiger partial charge on any atom is -0.467 e. The summed E-state index contributed by atoms with van der Waals surface area (Å²) in [4.78, 5) is 24.6. The van der Waals surface area contributed by atoms with Crippen molar-refractivity contribution >= 4 is 12.1 Å². The number of esters is 1. The first-order chi connectivity index (χ1) is 12.2. The number of rotatable bonds is 4. The van der Waals surface area contributed by atoms with Gasteiger partial charge in [-0.2, -0.15) is 0 Å². The highest BCUT2D eigenvalue weighted by Gasteiger charge is 2.54. The van der Waals surface area contributed by atoms with E-state index in [1.165, 1.54) is 7.11 Å². The minimum absolute atomic E-state index is 0.272. The molecular formula is C18H31NO8. The van der Waals surface area contributed by atoms with Gasteiger partial charge in [0.2, 0.25) is 0 Å². The summed E-state index contributed by atoms with van der Waals surface area (Å²) in [6.07, 6.45) is -2.73. The molecule has 0 saturated carbocycles. The number of hydrogen-bond acceptors (Lipinski definition) is 8. The highest BCUT2D eigenvalue weighted by Crippen LogP contribution is 2.37. The highest BCUT2D eigenvalue weighted by atomic mass is 16.8. The number of amides is 1. The smallest absolute Gasteiger partial charge is 0.408 e. The maximum Gasteiger partial charge on any atom is 0.408 e. The quantitative estimate of drug-likeness (QED) is 0.726. The Bertz CT molecular complexity index is 568. The van der Waals surface area contributed by atoms with Crippen LogP contribution in [0.15, 0.2) is 0 Å². The van der Waals surface area contributed by atoms with E-state index in [-0.39, 0.29) is 6.61 Å². The molecule has 2 rings (SSSR count). The van der Waals surface area contributed by atoms with E-state index in [0.29, 0.717) is 0 Å². The second-order valence-electron chi connectivity index (χ2n) is 8.58. The molecule has 2 aliphatic rings. The van der Waals surface area contributed by atoms with Crippen LogP contribution in [0.3, 0.4) is 0 Å². The Morgan fingerprint density at radius 2 is 1.70 bits per heavy atom. The molecule has 9 heteroatoms. The van der Waals surface area contributed by atoms with E-state index in [1.807, 2.05) is 0 Å². The number of ether oxygens (including phenoxy) is 6. The summed E-state index contributed by atoms with van der Waals surface area (Å²) >= 11 is 0. The molecule has 0 aromatic rings. The van der Waals surface area contributed by atoms with Gasteiger partial charge in [0.1, 0.15) is 23.9 Å². The third-order valence-corrected chi connectivity index (χ3v) is 4.02. The first kappa shape index (κ1) is 21.9. The number of alkyl carbamates (subject to hydrolysis) is 1. The zero-order valence-corrected chi connectivity index (χ0v) is 17.3. The summed E-state index contributed by atoms with van der Waals surface area (Å²) in [6.45, 7) is 12.5. The molecule has 0 aromatic heterocycles. The van der Waals surface area contributed by atoms with Gasteiger partial charge in [0, 0.05) is 0 Å². The van der Waals surface area contributed by atoms with Crippen LogP contribution >= 0.6 is 0 Å². The SMILES string of the molecule is COC(=O)[C@@H](NC(=O)OC(C)(C)C)[C@H]1OC(C)(C)O[C@@H]1[C@H]1COC(C)(C)O1. The third-order valence-electron chi connectivity index (χ3n) is 4.02. The van der Waals surface area contributed by atoms with Gasteiger partial charge in [0.15, 0.2) is 17.6 Å². The average Bonchev–Trinajstić information content (AvgIpc) is 3.01. The van der Waals surface area contributed by atoms with E-state index in [2.05, 4.69) is 5.32 Å². The van der Waals surface area contributed by atoms with E-state index in [9.17, 15) is 9.59 Å². The van der Waals surface area contributed by atoms with Crippen LogP contribution in [-0.4, -0.2) is 67.3 Å². The zero-order chi connectivity index (χ0) is 20.6. The van der Waals surface area contributed by atoms with Gasteiger partial charge in [0.25, 0.3) is 0 Å². The van der Waals surface area contributed by atoms with E-state index in [1.54, 1.807) is 48.5 Å². The van der Waals surface area contributed by atoms with Crippen molar-refractivity contribution in [3.63, 3.8) is 0 Å². The van der Waals surface area contributed by atoms with Gasteiger partial charge in [-0.1, -0.05) is 0 Å². The lowest BCUT2D eigenvalue weighted by Crippen LogP contribution is -2.56. The van der Waals surface area contributed by atoms with E-state index >= 15 is 0 Å². The van der Waals surface area contributed by atoms with Crippen LogP contribution in [-0.2, 0) is 33.2 Å². The second-order valence-corrected chi connectivity index (χ2v) is 8.58. The second kappa shape index (κ2) is 7.54. The highest BCUT2D eigenvalue weighted by molar-refractivity contribution is 5.82. The van der Waals surface area contributed by atoms with Crippen molar-refractivity contribution in [3.8, 4) is 0 Å².